The molecule has 0 radical (unpaired) electrons. The Morgan fingerprint density at radius 2 is 1.59 bits per heavy atom. The van der Waals surface area contributed by atoms with E-state index in [9.17, 15) is 0 Å². The van der Waals surface area contributed by atoms with Crippen molar-refractivity contribution in [3.05, 3.63) is 0 Å². The van der Waals surface area contributed by atoms with Gasteiger partial charge in [-0.25, -0.2) is 0 Å². The number of aliphatic imine (C=N–C) groups is 1. The monoisotopic (exact) mass is 380 g/mol. The Kier molecular flexibility index (Phi) is 9.33. The molecular formula is C21H44N6. The summed E-state index contributed by atoms with van der Waals surface area (Å²) in [5.74, 6) is 1.62. The fourth-order valence-electron chi connectivity index (χ4n) is 4.16. The average molecular weight is 381 g/mol. The molecule has 2 heterocycles. The maximum absolute atomic E-state index is 5.00. The molecule has 2 rings (SSSR count). The lowest BCUT2D eigenvalue weighted by atomic mass is 10.0. The van der Waals surface area contributed by atoms with Crippen LogP contribution in [0, 0.1) is 5.92 Å². The Labute approximate surface area is 167 Å². The average Bonchev–Trinajstić information content (AvgIpc) is 2.63. The van der Waals surface area contributed by atoms with Gasteiger partial charge in [0, 0.05) is 63.9 Å². The maximum atomic E-state index is 5.00. The van der Waals surface area contributed by atoms with Crippen LogP contribution in [0.3, 0.4) is 0 Å². The Bertz CT molecular complexity index is 434. The lowest BCUT2D eigenvalue weighted by Crippen LogP contribution is -2.52. The highest BCUT2D eigenvalue weighted by Gasteiger charge is 2.25. The minimum atomic E-state index is 0.525. The molecule has 0 bridgehead atoms. The Morgan fingerprint density at radius 3 is 2.11 bits per heavy atom. The zero-order valence-electron chi connectivity index (χ0n) is 18.7. The van der Waals surface area contributed by atoms with Gasteiger partial charge in [0.15, 0.2) is 5.96 Å². The van der Waals surface area contributed by atoms with E-state index in [1.807, 2.05) is 0 Å². The molecule has 2 saturated heterocycles. The second-order valence-corrected chi connectivity index (χ2v) is 8.92. The topological polar surface area (TPSA) is 46.1 Å². The summed E-state index contributed by atoms with van der Waals surface area (Å²) in [6.45, 7) is 20.2. The van der Waals surface area contributed by atoms with Crippen LogP contribution in [-0.4, -0.2) is 98.2 Å². The van der Waals surface area contributed by atoms with Crippen molar-refractivity contribution in [1.82, 2.24) is 25.3 Å². The van der Waals surface area contributed by atoms with E-state index >= 15 is 0 Å². The molecule has 0 aliphatic carbocycles. The highest BCUT2D eigenvalue weighted by atomic mass is 15.3. The highest BCUT2D eigenvalue weighted by Crippen LogP contribution is 2.15. The first-order valence-electron chi connectivity index (χ1n) is 11.1. The predicted molar refractivity (Wildman–Crippen MR) is 117 cm³/mol. The number of likely N-dealkylation sites (tertiary alicyclic amines) is 1. The van der Waals surface area contributed by atoms with Gasteiger partial charge in [-0.15, -0.1) is 0 Å². The van der Waals surface area contributed by atoms with Crippen LogP contribution in [-0.2, 0) is 0 Å². The van der Waals surface area contributed by atoms with E-state index in [2.05, 4.69) is 67.0 Å². The first-order valence-corrected chi connectivity index (χ1v) is 11.1. The Morgan fingerprint density at radius 1 is 0.963 bits per heavy atom. The number of hydrogen-bond donors (Lipinski definition) is 2. The summed E-state index contributed by atoms with van der Waals surface area (Å²) >= 11 is 0. The molecular weight excluding hydrogens is 336 g/mol. The molecule has 158 valence electrons. The summed E-state index contributed by atoms with van der Waals surface area (Å²) in [5.41, 5.74) is 0. The van der Waals surface area contributed by atoms with Gasteiger partial charge in [-0.3, -0.25) is 9.89 Å². The van der Waals surface area contributed by atoms with Crippen LogP contribution in [0.25, 0.3) is 0 Å². The first-order chi connectivity index (χ1) is 12.9. The van der Waals surface area contributed by atoms with E-state index in [-0.39, 0.29) is 0 Å². The van der Waals surface area contributed by atoms with Crippen molar-refractivity contribution in [3.8, 4) is 0 Å². The molecule has 2 aliphatic rings. The zero-order valence-corrected chi connectivity index (χ0v) is 18.7. The molecule has 1 unspecified atom stereocenters. The molecule has 6 heteroatoms. The highest BCUT2D eigenvalue weighted by molar-refractivity contribution is 5.80. The largest absolute Gasteiger partial charge is 0.357 e. The van der Waals surface area contributed by atoms with Crippen LogP contribution in [0.2, 0.25) is 0 Å². The maximum Gasteiger partial charge on any atom is 0.191 e. The van der Waals surface area contributed by atoms with Crippen molar-refractivity contribution in [3.63, 3.8) is 0 Å². The number of likely N-dealkylation sites (N-methyl/N-ethyl adjacent to an activating group) is 1. The second-order valence-electron chi connectivity index (χ2n) is 8.92. The lowest BCUT2D eigenvalue weighted by molar-refractivity contribution is 0.0925. The fraction of sp³-hybridized carbons (Fsp3) is 0.952. The number of piperidine rings is 1. The predicted octanol–water partition coefficient (Wildman–Crippen LogP) is 1.69. The van der Waals surface area contributed by atoms with Gasteiger partial charge >= 0.3 is 0 Å². The SMILES string of the molecule is CCNC(=NCC(C(C)C)N1CCN(C)CC1)NC1CCN(C(C)C)CC1. The van der Waals surface area contributed by atoms with Crippen molar-refractivity contribution in [2.24, 2.45) is 10.9 Å². The lowest BCUT2D eigenvalue weighted by Gasteiger charge is -2.39. The molecule has 2 N–H and O–H groups in total. The third kappa shape index (κ3) is 7.24. The van der Waals surface area contributed by atoms with Crippen LogP contribution in [0.15, 0.2) is 4.99 Å². The molecule has 1 atom stereocenters. The van der Waals surface area contributed by atoms with Crippen molar-refractivity contribution in [2.75, 3.05) is 59.4 Å². The van der Waals surface area contributed by atoms with Crippen molar-refractivity contribution >= 4 is 5.96 Å². The van der Waals surface area contributed by atoms with E-state index in [4.69, 9.17) is 4.99 Å². The minimum Gasteiger partial charge on any atom is -0.357 e. The number of nitrogens with one attached hydrogen (secondary N) is 2. The van der Waals surface area contributed by atoms with Crippen molar-refractivity contribution in [1.29, 1.82) is 0 Å². The van der Waals surface area contributed by atoms with Gasteiger partial charge in [0.05, 0.1) is 6.54 Å². The summed E-state index contributed by atoms with van der Waals surface area (Å²) in [6.07, 6.45) is 2.41. The zero-order chi connectivity index (χ0) is 19.8. The van der Waals surface area contributed by atoms with Crippen molar-refractivity contribution in [2.45, 2.75) is 65.6 Å². The van der Waals surface area contributed by atoms with Crippen LogP contribution in [0.5, 0.6) is 0 Å². The smallest absolute Gasteiger partial charge is 0.191 e. The number of hydrogen-bond acceptors (Lipinski definition) is 4. The van der Waals surface area contributed by atoms with Gasteiger partial charge in [0.2, 0.25) is 0 Å². The van der Waals surface area contributed by atoms with E-state index in [1.54, 1.807) is 0 Å². The first kappa shape index (κ1) is 22.4. The van der Waals surface area contributed by atoms with Gasteiger partial charge in [-0.2, -0.15) is 0 Å². The molecule has 2 aliphatic heterocycles. The normalized spacial score (nSPS) is 23.2. The van der Waals surface area contributed by atoms with Crippen LogP contribution in [0.4, 0.5) is 0 Å². The van der Waals surface area contributed by atoms with Gasteiger partial charge in [0.25, 0.3) is 0 Å². The van der Waals surface area contributed by atoms with Crippen LogP contribution >= 0.6 is 0 Å². The molecule has 2 fully saturated rings. The molecule has 0 aromatic carbocycles. The summed E-state index contributed by atoms with van der Waals surface area (Å²) in [7, 11) is 2.22. The van der Waals surface area contributed by atoms with Gasteiger partial charge in [-0.05, 0) is 46.6 Å². The molecule has 0 spiro atoms. The molecule has 27 heavy (non-hydrogen) atoms. The summed E-state index contributed by atoms with van der Waals surface area (Å²) in [5, 5.41) is 7.17. The third-order valence-corrected chi connectivity index (χ3v) is 6.16. The molecule has 6 nitrogen and oxygen atoms in total. The Balaban J connectivity index is 1.90. The quantitative estimate of drug-likeness (QED) is 0.520. The number of rotatable bonds is 7. The van der Waals surface area contributed by atoms with Gasteiger partial charge in [0.1, 0.15) is 0 Å². The second kappa shape index (κ2) is 11.2. The van der Waals surface area contributed by atoms with Crippen LogP contribution in [0.1, 0.15) is 47.5 Å². The number of nitrogens with zero attached hydrogens (tertiary/aromatic N) is 4. The standard InChI is InChI=1S/C21H44N6/c1-7-22-21(24-19-8-10-26(11-9-19)18(4)5)23-16-20(17(2)3)27-14-12-25(6)13-15-27/h17-20H,7-16H2,1-6H3,(H2,22,23,24). The van der Waals surface area contributed by atoms with E-state index in [0.29, 0.717) is 24.0 Å². The van der Waals surface area contributed by atoms with E-state index in [0.717, 1.165) is 32.1 Å². The van der Waals surface area contributed by atoms with Crippen LogP contribution < -0.4 is 10.6 Å². The van der Waals surface area contributed by atoms with E-state index in [1.165, 1.54) is 39.0 Å². The van der Waals surface area contributed by atoms with E-state index < -0.39 is 0 Å². The summed E-state index contributed by atoms with van der Waals surface area (Å²) in [6, 6.07) is 1.72. The van der Waals surface area contributed by atoms with Gasteiger partial charge in [-0.1, -0.05) is 13.8 Å². The molecule has 0 amide bonds. The van der Waals surface area contributed by atoms with Gasteiger partial charge < -0.3 is 20.4 Å². The number of piperazine rings is 1. The summed E-state index contributed by atoms with van der Waals surface area (Å²) in [4.78, 5) is 12.6. The summed E-state index contributed by atoms with van der Waals surface area (Å²) < 4.78 is 0. The minimum absolute atomic E-state index is 0.525. The Hall–Kier alpha value is -0.850. The molecule has 0 aromatic rings. The van der Waals surface area contributed by atoms with Crippen molar-refractivity contribution < 1.29 is 0 Å². The number of guanidine groups is 1. The molecule has 0 saturated carbocycles. The fourth-order valence-corrected chi connectivity index (χ4v) is 4.16. The molecule has 0 aromatic heterocycles. The third-order valence-electron chi connectivity index (χ3n) is 6.16.